The highest BCUT2D eigenvalue weighted by Gasteiger charge is 2.34. The number of hydrogen-bond acceptors (Lipinski definition) is 4. The molecule has 0 amide bonds. The highest BCUT2D eigenvalue weighted by atomic mass is 32.1. The Hall–Kier alpha value is -3.96. The molecule has 0 fully saturated rings. The van der Waals surface area contributed by atoms with Crippen LogP contribution in [0.25, 0.3) is 33.6 Å². The van der Waals surface area contributed by atoms with Crippen LogP contribution in [0.4, 0.5) is 0 Å². The summed E-state index contributed by atoms with van der Waals surface area (Å²) >= 11 is 1.38. The van der Waals surface area contributed by atoms with Crippen molar-refractivity contribution in [1.82, 2.24) is 4.57 Å². The molecular formula is C26H13NO3S. The van der Waals surface area contributed by atoms with Gasteiger partial charge in [-0.2, -0.15) is 11.3 Å². The van der Waals surface area contributed by atoms with Crippen LogP contribution in [-0.4, -0.2) is 16.1 Å². The summed E-state index contributed by atoms with van der Waals surface area (Å²) in [6, 6.07) is 20.1. The Kier molecular flexibility index (Phi) is 3.14. The third-order valence-electron chi connectivity index (χ3n) is 6.03. The Morgan fingerprint density at radius 3 is 2.39 bits per heavy atom. The number of Topliss-reactive ketones (excluding diaryl/α,β-unsaturated/α-hetero) is 2. The maximum absolute atomic E-state index is 12.8. The summed E-state index contributed by atoms with van der Waals surface area (Å²) in [5.41, 5.74) is 5.08. The van der Waals surface area contributed by atoms with E-state index in [1.165, 1.54) is 11.3 Å². The minimum atomic E-state index is -0.205. The van der Waals surface area contributed by atoms with Crippen molar-refractivity contribution >= 4 is 50.8 Å². The van der Waals surface area contributed by atoms with Gasteiger partial charge in [0.05, 0.1) is 22.3 Å². The van der Waals surface area contributed by atoms with E-state index in [2.05, 4.69) is 16.7 Å². The highest BCUT2D eigenvalue weighted by molar-refractivity contribution is 7.08. The first kappa shape index (κ1) is 16.8. The molecule has 5 aromatic rings. The van der Waals surface area contributed by atoms with Crippen LogP contribution in [0.15, 0.2) is 77.0 Å². The van der Waals surface area contributed by atoms with Crippen molar-refractivity contribution < 1.29 is 14.3 Å². The standard InChI is InChI=1S/C26H13NO3S/c28-25-17(26(29)19-13-31-12-18(19)25)10-14-9-16-15-5-1-2-6-20(15)27-21-7-3-4-8-22(21)30-23(11-14)24(16)27/h1-13H. The van der Waals surface area contributed by atoms with Crippen LogP contribution >= 0.6 is 11.3 Å². The van der Waals surface area contributed by atoms with E-state index in [-0.39, 0.29) is 17.1 Å². The SMILES string of the molecule is O=C1C(=Cc2cc3c4c(c2)c2ccccc2n4-c2ccccc2O3)C(=O)c2cscc21. The van der Waals surface area contributed by atoms with E-state index in [0.717, 1.165) is 38.8 Å². The lowest BCUT2D eigenvalue weighted by Crippen LogP contribution is -2.04. The topological polar surface area (TPSA) is 48.3 Å². The van der Waals surface area contributed by atoms with Crippen LogP contribution in [-0.2, 0) is 0 Å². The number of aromatic nitrogens is 1. The predicted octanol–water partition coefficient (Wildman–Crippen LogP) is 6.41. The summed E-state index contributed by atoms with van der Waals surface area (Å²) in [6.07, 6.45) is 1.70. The van der Waals surface area contributed by atoms with Gasteiger partial charge in [0.2, 0.25) is 0 Å². The summed E-state index contributed by atoms with van der Waals surface area (Å²) in [6.45, 7) is 0. The van der Waals surface area contributed by atoms with E-state index in [1.807, 2.05) is 48.5 Å². The van der Waals surface area contributed by atoms with Crippen molar-refractivity contribution in [2.24, 2.45) is 0 Å². The smallest absolute Gasteiger partial charge is 0.198 e. The highest BCUT2D eigenvalue weighted by Crippen LogP contribution is 2.46. The van der Waals surface area contributed by atoms with E-state index in [9.17, 15) is 9.59 Å². The van der Waals surface area contributed by atoms with Crippen molar-refractivity contribution in [3.63, 3.8) is 0 Å². The number of carbonyl (C=O) groups is 2. The van der Waals surface area contributed by atoms with E-state index in [1.54, 1.807) is 16.8 Å². The lowest BCUT2D eigenvalue weighted by Gasteiger charge is -2.21. The van der Waals surface area contributed by atoms with Crippen molar-refractivity contribution in [1.29, 1.82) is 0 Å². The maximum atomic E-state index is 12.8. The number of rotatable bonds is 1. The van der Waals surface area contributed by atoms with Crippen LogP contribution in [0.2, 0.25) is 0 Å². The zero-order chi connectivity index (χ0) is 20.7. The molecule has 31 heavy (non-hydrogen) atoms. The molecule has 0 saturated carbocycles. The van der Waals surface area contributed by atoms with Gasteiger partial charge in [0.1, 0.15) is 0 Å². The average Bonchev–Trinajstić information content (AvgIpc) is 3.46. The Balaban J connectivity index is 1.52. The third kappa shape index (κ3) is 2.13. The molecule has 7 rings (SSSR count). The Morgan fingerprint density at radius 2 is 1.55 bits per heavy atom. The number of ether oxygens (including phenoxy) is 1. The van der Waals surface area contributed by atoms with Gasteiger partial charge in [-0.15, -0.1) is 0 Å². The van der Waals surface area contributed by atoms with Crippen LogP contribution in [0, 0.1) is 0 Å². The lowest BCUT2D eigenvalue weighted by molar-refractivity contribution is 0.0990. The number of allylic oxidation sites excluding steroid dienone is 1. The second kappa shape index (κ2) is 5.80. The molecule has 2 aliphatic rings. The molecule has 0 N–H and O–H groups in total. The van der Waals surface area contributed by atoms with Gasteiger partial charge >= 0.3 is 0 Å². The monoisotopic (exact) mass is 419 g/mol. The number of carbonyl (C=O) groups excluding carboxylic acids is 2. The molecule has 2 aromatic heterocycles. The van der Waals surface area contributed by atoms with Gasteiger partial charge < -0.3 is 9.30 Å². The first-order valence-electron chi connectivity index (χ1n) is 9.92. The van der Waals surface area contributed by atoms with E-state index >= 15 is 0 Å². The lowest BCUT2D eigenvalue weighted by atomic mass is 10.0. The zero-order valence-electron chi connectivity index (χ0n) is 16.1. The molecule has 1 aliphatic carbocycles. The first-order chi connectivity index (χ1) is 15.2. The number of ketones is 2. The van der Waals surface area contributed by atoms with Gasteiger partial charge in [-0.05, 0) is 42.0 Å². The average molecular weight is 419 g/mol. The number of thiophene rings is 1. The van der Waals surface area contributed by atoms with Crippen molar-refractivity contribution in [2.75, 3.05) is 0 Å². The molecule has 0 radical (unpaired) electrons. The molecule has 5 heteroatoms. The van der Waals surface area contributed by atoms with Gasteiger partial charge in [0.25, 0.3) is 0 Å². The zero-order valence-corrected chi connectivity index (χ0v) is 16.9. The minimum absolute atomic E-state index is 0.205. The second-order valence-electron chi connectivity index (χ2n) is 7.75. The number of benzene rings is 3. The molecule has 0 atom stereocenters. The number of fused-ring (bicyclic) bond motifs is 6. The molecule has 0 unspecified atom stereocenters. The van der Waals surface area contributed by atoms with Crippen LogP contribution in [0.1, 0.15) is 26.3 Å². The van der Waals surface area contributed by atoms with Gasteiger partial charge in [-0.1, -0.05) is 30.3 Å². The third-order valence-corrected chi connectivity index (χ3v) is 6.78. The summed E-state index contributed by atoms with van der Waals surface area (Å²) < 4.78 is 8.49. The van der Waals surface area contributed by atoms with Crippen LogP contribution < -0.4 is 4.74 Å². The molecular weight excluding hydrogens is 406 g/mol. The molecule has 0 bridgehead atoms. The molecule has 4 nitrogen and oxygen atoms in total. The quantitative estimate of drug-likeness (QED) is 0.228. The van der Waals surface area contributed by atoms with Gasteiger partial charge in [-0.3, -0.25) is 9.59 Å². The fourth-order valence-electron chi connectivity index (χ4n) is 4.68. The van der Waals surface area contributed by atoms with Crippen molar-refractivity contribution in [3.8, 4) is 17.2 Å². The molecule has 3 aromatic carbocycles. The van der Waals surface area contributed by atoms with Crippen LogP contribution in [0.3, 0.4) is 0 Å². The summed E-state index contributed by atoms with van der Waals surface area (Å²) in [5, 5.41) is 5.62. The summed E-state index contributed by atoms with van der Waals surface area (Å²) in [5.74, 6) is 1.08. The Bertz CT molecular complexity index is 1620. The molecule has 0 saturated heterocycles. The number of hydrogen-bond donors (Lipinski definition) is 0. The molecule has 3 heterocycles. The maximum Gasteiger partial charge on any atom is 0.198 e. The normalized spacial score (nSPS) is 14.1. The molecule has 146 valence electrons. The van der Waals surface area contributed by atoms with Gasteiger partial charge in [0, 0.05) is 32.7 Å². The molecule has 0 spiro atoms. The van der Waals surface area contributed by atoms with E-state index in [0.29, 0.717) is 16.9 Å². The van der Waals surface area contributed by atoms with Gasteiger partial charge in [-0.25, -0.2) is 0 Å². The Labute approximate surface area is 180 Å². The second-order valence-corrected chi connectivity index (χ2v) is 8.50. The first-order valence-corrected chi connectivity index (χ1v) is 10.9. The largest absolute Gasteiger partial charge is 0.453 e. The van der Waals surface area contributed by atoms with Crippen LogP contribution in [0.5, 0.6) is 11.5 Å². The fraction of sp³-hybridized carbons (Fsp3) is 0. The summed E-state index contributed by atoms with van der Waals surface area (Å²) in [4.78, 5) is 25.5. The minimum Gasteiger partial charge on any atom is -0.453 e. The number of para-hydroxylation sites is 3. The Morgan fingerprint density at radius 1 is 0.806 bits per heavy atom. The van der Waals surface area contributed by atoms with E-state index in [4.69, 9.17) is 4.74 Å². The predicted molar refractivity (Wildman–Crippen MR) is 122 cm³/mol. The fourth-order valence-corrected chi connectivity index (χ4v) is 5.49. The molecule has 1 aliphatic heterocycles. The van der Waals surface area contributed by atoms with Crippen molar-refractivity contribution in [3.05, 3.63) is 93.7 Å². The number of nitrogens with zero attached hydrogens (tertiary/aromatic N) is 1. The van der Waals surface area contributed by atoms with Gasteiger partial charge in [0.15, 0.2) is 23.1 Å². The van der Waals surface area contributed by atoms with Crippen molar-refractivity contribution in [2.45, 2.75) is 0 Å². The summed E-state index contributed by atoms with van der Waals surface area (Å²) in [7, 11) is 0. The van der Waals surface area contributed by atoms with E-state index < -0.39 is 0 Å².